The van der Waals surface area contributed by atoms with E-state index in [2.05, 4.69) is 88.3 Å². The summed E-state index contributed by atoms with van der Waals surface area (Å²) in [5.41, 5.74) is 6.73. The largest absolute Gasteiger partial charge is 0.494 e. The molecule has 4 aromatic rings. The number of anilines is 1. The van der Waals surface area contributed by atoms with Crippen LogP contribution in [0.5, 0.6) is 5.75 Å². The Morgan fingerprint density at radius 3 is 2.44 bits per heavy atom. The fourth-order valence-corrected chi connectivity index (χ4v) is 4.89. The molecule has 2 aromatic heterocycles. The summed E-state index contributed by atoms with van der Waals surface area (Å²) < 4.78 is 7.86. The van der Waals surface area contributed by atoms with Gasteiger partial charge in [-0.3, -0.25) is 4.98 Å². The van der Waals surface area contributed by atoms with Crippen molar-refractivity contribution in [1.29, 1.82) is 0 Å². The third-order valence-electron chi connectivity index (χ3n) is 6.38. The Morgan fingerprint density at radius 2 is 1.74 bits per heavy atom. The molecule has 2 aromatic carbocycles. The van der Waals surface area contributed by atoms with Crippen LogP contribution in [-0.2, 0) is 0 Å². The summed E-state index contributed by atoms with van der Waals surface area (Å²) in [4.78, 5) is 6.90. The number of aryl methyl sites for hydroxylation is 2. The summed E-state index contributed by atoms with van der Waals surface area (Å²) in [7, 11) is 0. The summed E-state index contributed by atoms with van der Waals surface area (Å²) in [6.07, 6.45) is 3.93. The van der Waals surface area contributed by atoms with E-state index >= 15 is 0 Å². The maximum Gasteiger partial charge on any atom is 0.174 e. The van der Waals surface area contributed by atoms with E-state index in [1.807, 2.05) is 37.4 Å². The van der Waals surface area contributed by atoms with Crippen LogP contribution >= 0.6 is 12.2 Å². The molecule has 6 heteroatoms. The van der Waals surface area contributed by atoms with E-state index in [0.717, 1.165) is 28.5 Å². The molecule has 34 heavy (non-hydrogen) atoms. The number of aromatic nitrogens is 2. The van der Waals surface area contributed by atoms with E-state index in [1.165, 1.54) is 11.1 Å². The molecule has 2 atom stereocenters. The SMILES string of the molecule is CCOc1ccc(-n2cccc2[C@H]2[C@H](c3ccccn3)NC(=S)N2c2ccc(C)c(C)c2)cc1. The van der Waals surface area contributed by atoms with Crippen LogP contribution in [0.1, 0.15) is 41.5 Å². The normalized spacial score (nSPS) is 17.6. The molecule has 0 radical (unpaired) electrons. The van der Waals surface area contributed by atoms with Crippen LogP contribution in [0, 0.1) is 13.8 Å². The van der Waals surface area contributed by atoms with Gasteiger partial charge in [-0.05, 0) is 105 Å². The standard InChI is InChI=1S/C28H28N4OS/c1-4-33-23-14-12-21(13-15-23)31-17-7-9-25(31)27-26(24-8-5-6-16-29-24)30-28(34)32(27)22-11-10-19(2)20(3)18-22/h5-18,26-27H,4H2,1-3H3,(H,30,34)/t26-,27-/m0/s1. The van der Waals surface area contributed by atoms with E-state index in [4.69, 9.17) is 17.0 Å². The van der Waals surface area contributed by atoms with Crippen molar-refractivity contribution in [1.82, 2.24) is 14.9 Å². The molecule has 3 heterocycles. The van der Waals surface area contributed by atoms with Gasteiger partial charge in [-0.25, -0.2) is 0 Å². The topological polar surface area (TPSA) is 42.3 Å². The monoisotopic (exact) mass is 468 g/mol. The lowest BCUT2D eigenvalue weighted by Gasteiger charge is -2.29. The molecule has 1 fully saturated rings. The van der Waals surface area contributed by atoms with Gasteiger partial charge in [0.05, 0.1) is 18.3 Å². The second kappa shape index (κ2) is 9.31. The molecule has 0 unspecified atom stereocenters. The predicted molar refractivity (Wildman–Crippen MR) is 141 cm³/mol. The highest BCUT2D eigenvalue weighted by Crippen LogP contribution is 2.42. The molecule has 0 spiro atoms. The Morgan fingerprint density at radius 1 is 0.941 bits per heavy atom. The van der Waals surface area contributed by atoms with Gasteiger partial charge >= 0.3 is 0 Å². The van der Waals surface area contributed by atoms with Crippen molar-refractivity contribution in [2.75, 3.05) is 11.5 Å². The van der Waals surface area contributed by atoms with Crippen LogP contribution in [0.15, 0.2) is 85.2 Å². The Hall–Kier alpha value is -3.64. The van der Waals surface area contributed by atoms with Gasteiger partial charge in [0.25, 0.3) is 0 Å². The van der Waals surface area contributed by atoms with Crippen LogP contribution in [0.3, 0.4) is 0 Å². The maximum atomic E-state index is 5.89. The average molecular weight is 469 g/mol. The van der Waals surface area contributed by atoms with Gasteiger partial charge in [-0.15, -0.1) is 0 Å². The van der Waals surface area contributed by atoms with Gasteiger partial charge < -0.3 is 19.5 Å². The summed E-state index contributed by atoms with van der Waals surface area (Å²) in [5, 5.41) is 4.25. The zero-order valence-corrected chi connectivity index (χ0v) is 20.4. The van der Waals surface area contributed by atoms with Gasteiger partial charge in [0, 0.05) is 29.5 Å². The van der Waals surface area contributed by atoms with Crippen molar-refractivity contribution in [2.45, 2.75) is 32.9 Å². The molecule has 1 aliphatic rings. The van der Waals surface area contributed by atoms with Crippen molar-refractivity contribution in [3.8, 4) is 11.4 Å². The number of thiocarbonyl (C=S) groups is 1. The van der Waals surface area contributed by atoms with Gasteiger partial charge in [-0.1, -0.05) is 12.1 Å². The Kier molecular flexibility index (Phi) is 6.07. The Bertz CT molecular complexity index is 1300. The third kappa shape index (κ3) is 4.05. The minimum Gasteiger partial charge on any atom is -0.494 e. The molecular formula is C28H28N4OS. The van der Waals surface area contributed by atoms with Crippen LogP contribution in [0.4, 0.5) is 5.69 Å². The van der Waals surface area contributed by atoms with Gasteiger partial charge in [0.15, 0.2) is 5.11 Å². The number of nitrogens with one attached hydrogen (secondary N) is 1. The smallest absolute Gasteiger partial charge is 0.174 e. The number of benzene rings is 2. The highest BCUT2D eigenvalue weighted by molar-refractivity contribution is 7.80. The molecule has 0 amide bonds. The summed E-state index contributed by atoms with van der Waals surface area (Å²) >= 11 is 5.89. The lowest BCUT2D eigenvalue weighted by molar-refractivity contribution is 0.340. The first-order chi connectivity index (χ1) is 16.6. The number of hydrogen-bond acceptors (Lipinski definition) is 3. The van der Waals surface area contributed by atoms with E-state index in [0.29, 0.717) is 11.7 Å². The van der Waals surface area contributed by atoms with Crippen LogP contribution in [0.2, 0.25) is 0 Å². The number of nitrogens with zero attached hydrogens (tertiary/aromatic N) is 3. The molecule has 1 saturated heterocycles. The zero-order chi connectivity index (χ0) is 23.7. The number of rotatable bonds is 6. The van der Waals surface area contributed by atoms with Crippen molar-refractivity contribution in [3.05, 3.63) is 108 Å². The lowest BCUT2D eigenvalue weighted by atomic mass is 10.00. The molecule has 1 aliphatic heterocycles. The van der Waals surface area contributed by atoms with Crippen molar-refractivity contribution < 1.29 is 4.74 Å². The van der Waals surface area contributed by atoms with Gasteiger partial charge in [-0.2, -0.15) is 0 Å². The van der Waals surface area contributed by atoms with Crippen LogP contribution in [0.25, 0.3) is 5.69 Å². The molecular weight excluding hydrogens is 440 g/mol. The zero-order valence-electron chi connectivity index (χ0n) is 19.6. The fourth-order valence-electron chi connectivity index (χ4n) is 4.55. The molecule has 0 bridgehead atoms. The highest BCUT2D eigenvalue weighted by Gasteiger charge is 2.42. The molecule has 5 nitrogen and oxygen atoms in total. The minimum absolute atomic E-state index is 0.0777. The number of pyridine rings is 1. The minimum atomic E-state index is -0.0911. The van der Waals surface area contributed by atoms with E-state index in [9.17, 15) is 0 Å². The highest BCUT2D eigenvalue weighted by atomic mass is 32.1. The lowest BCUT2D eigenvalue weighted by Crippen LogP contribution is -2.30. The summed E-state index contributed by atoms with van der Waals surface area (Å²) in [5.74, 6) is 0.867. The van der Waals surface area contributed by atoms with E-state index in [1.54, 1.807) is 0 Å². The molecule has 0 saturated carbocycles. The quantitative estimate of drug-likeness (QED) is 0.348. The van der Waals surface area contributed by atoms with E-state index in [-0.39, 0.29) is 12.1 Å². The third-order valence-corrected chi connectivity index (χ3v) is 6.69. The first-order valence-corrected chi connectivity index (χ1v) is 12.0. The van der Waals surface area contributed by atoms with Crippen LogP contribution in [-0.4, -0.2) is 21.3 Å². The summed E-state index contributed by atoms with van der Waals surface area (Å²) in [6, 6.07) is 24.8. The molecule has 5 rings (SSSR count). The van der Waals surface area contributed by atoms with Crippen molar-refractivity contribution >= 4 is 23.0 Å². The van der Waals surface area contributed by atoms with Crippen molar-refractivity contribution in [2.24, 2.45) is 0 Å². The summed E-state index contributed by atoms with van der Waals surface area (Å²) in [6.45, 7) is 6.91. The number of ether oxygens (including phenoxy) is 1. The number of hydrogen-bond donors (Lipinski definition) is 1. The Labute approximate surface area is 206 Å². The predicted octanol–water partition coefficient (Wildman–Crippen LogP) is 6.06. The van der Waals surface area contributed by atoms with E-state index < -0.39 is 0 Å². The van der Waals surface area contributed by atoms with Crippen LogP contribution < -0.4 is 15.0 Å². The second-order valence-corrected chi connectivity index (χ2v) is 8.88. The Balaban J connectivity index is 1.62. The van der Waals surface area contributed by atoms with Crippen molar-refractivity contribution in [3.63, 3.8) is 0 Å². The average Bonchev–Trinajstić information content (AvgIpc) is 3.46. The fraction of sp³-hybridized carbons (Fsp3) is 0.214. The second-order valence-electron chi connectivity index (χ2n) is 8.50. The van der Waals surface area contributed by atoms with Gasteiger partial charge in [0.2, 0.25) is 0 Å². The first kappa shape index (κ1) is 22.2. The first-order valence-electron chi connectivity index (χ1n) is 11.5. The molecule has 1 N–H and O–H groups in total. The molecule has 172 valence electrons. The molecule has 0 aliphatic carbocycles. The van der Waals surface area contributed by atoms with Gasteiger partial charge in [0.1, 0.15) is 11.8 Å². The maximum absolute atomic E-state index is 5.89.